The molecule has 0 saturated heterocycles. The number of nitrogens with two attached hydrogens (primary N) is 2. The lowest BCUT2D eigenvalue weighted by Gasteiger charge is -2.30. The quantitative estimate of drug-likeness (QED) is 0.219. The van der Waals surface area contributed by atoms with E-state index in [9.17, 15) is 4.79 Å². The molecule has 0 radical (unpaired) electrons. The average Bonchev–Trinajstić information content (AvgIpc) is 3.30. The van der Waals surface area contributed by atoms with E-state index in [0.29, 0.717) is 31.1 Å². The monoisotopic (exact) mass is 543 g/mol. The smallest absolute Gasteiger partial charge is 0.317 e. The van der Waals surface area contributed by atoms with Gasteiger partial charge in [-0.05, 0) is 52.4 Å². The molecule has 0 spiro atoms. The largest absolute Gasteiger partial charge is 0.338 e. The van der Waals surface area contributed by atoms with Crippen molar-refractivity contribution in [2.45, 2.75) is 29.9 Å². The van der Waals surface area contributed by atoms with Crippen LogP contribution in [0, 0.1) is 0 Å². The summed E-state index contributed by atoms with van der Waals surface area (Å²) in [5.41, 5.74) is 18.7. The molecule has 1 unspecified atom stereocenters. The van der Waals surface area contributed by atoms with Gasteiger partial charge in [0.1, 0.15) is 0 Å². The van der Waals surface area contributed by atoms with Gasteiger partial charge in [0.25, 0.3) is 0 Å². The number of amides is 2. The molecule has 6 nitrogen and oxygen atoms in total. The Bertz CT molecular complexity index is 1430. The van der Waals surface area contributed by atoms with E-state index >= 15 is 0 Å². The summed E-state index contributed by atoms with van der Waals surface area (Å²) in [5, 5.41) is 6.75. The van der Waals surface area contributed by atoms with E-state index in [0.717, 1.165) is 38.5 Å². The highest BCUT2D eigenvalue weighted by atomic mass is 35.5. The Balaban J connectivity index is 1.28. The summed E-state index contributed by atoms with van der Waals surface area (Å²) in [6, 6.07) is 30.1. The number of benzene rings is 4. The molecule has 8 heteroatoms. The maximum absolute atomic E-state index is 13.1. The Morgan fingerprint density at radius 3 is 2.39 bits per heavy atom. The van der Waals surface area contributed by atoms with Crippen molar-refractivity contribution in [3.05, 3.63) is 113 Å². The first kappa shape index (κ1) is 26.1. The second-order valence-electron chi connectivity index (χ2n) is 8.97. The molecule has 194 valence electrons. The van der Waals surface area contributed by atoms with Gasteiger partial charge < -0.3 is 27.0 Å². The SMILES string of the molecule is NCc1ccc(-c2ccccc2CCNC(=O)NC2Sc3ccccc3N2c2c(Cl)cccc2CN)cc1. The van der Waals surface area contributed by atoms with Crippen molar-refractivity contribution < 1.29 is 4.79 Å². The van der Waals surface area contributed by atoms with Gasteiger partial charge in [-0.3, -0.25) is 0 Å². The molecule has 2 amide bonds. The summed E-state index contributed by atoms with van der Waals surface area (Å²) < 4.78 is 0. The molecule has 0 fully saturated rings. The van der Waals surface area contributed by atoms with Crippen molar-refractivity contribution in [1.29, 1.82) is 0 Å². The van der Waals surface area contributed by atoms with Gasteiger partial charge in [-0.2, -0.15) is 0 Å². The summed E-state index contributed by atoms with van der Waals surface area (Å²) in [5.74, 6) is 0. The highest BCUT2D eigenvalue weighted by Gasteiger charge is 2.34. The molecule has 0 aromatic heterocycles. The van der Waals surface area contributed by atoms with Crippen LogP contribution in [0.5, 0.6) is 0 Å². The van der Waals surface area contributed by atoms with Crippen LogP contribution in [0.15, 0.2) is 95.9 Å². The van der Waals surface area contributed by atoms with E-state index in [-0.39, 0.29) is 11.5 Å². The molecule has 0 bridgehead atoms. The van der Waals surface area contributed by atoms with Crippen molar-refractivity contribution in [3.8, 4) is 11.1 Å². The summed E-state index contributed by atoms with van der Waals surface area (Å²) in [7, 11) is 0. The molecule has 0 saturated carbocycles. The molecule has 1 heterocycles. The summed E-state index contributed by atoms with van der Waals surface area (Å²) in [6.45, 7) is 1.35. The number of hydrogen-bond donors (Lipinski definition) is 4. The van der Waals surface area contributed by atoms with Crippen molar-refractivity contribution >= 4 is 40.8 Å². The highest BCUT2D eigenvalue weighted by Crippen LogP contribution is 2.49. The molecule has 1 atom stereocenters. The van der Waals surface area contributed by atoms with Gasteiger partial charge in [0, 0.05) is 24.5 Å². The van der Waals surface area contributed by atoms with Gasteiger partial charge in [-0.15, -0.1) is 0 Å². The second kappa shape index (κ2) is 11.9. The standard InChI is InChI=1S/C30H30ClN5OS/c31-25-9-5-7-23(19-33)28(25)36-26-10-3-4-11-27(26)38-30(36)35-29(37)34-17-16-21-6-1-2-8-24(21)22-14-12-20(18-32)13-15-22/h1-15,30H,16-19,32-33H2,(H2,34,35,37). The number of anilines is 2. The van der Waals surface area contributed by atoms with Crippen LogP contribution < -0.4 is 27.0 Å². The third-order valence-corrected chi connectivity index (χ3v) is 8.04. The molecule has 6 N–H and O–H groups in total. The number of para-hydroxylation sites is 2. The molecule has 0 aliphatic carbocycles. The van der Waals surface area contributed by atoms with Crippen LogP contribution in [0.3, 0.4) is 0 Å². The Hall–Kier alpha value is -3.49. The molecule has 38 heavy (non-hydrogen) atoms. The number of carbonyl (C=O) groups is 1. The number of nitrogens with one attached hydrogen (secondary N) is 2. The van der Waals surface area contributed by atoms with Crippen LogP contribution >= 0.6 is 23.4 Å². The Kier molecular flexibility index (Phi) is 8.20. The van der Waals surface area contributed by atoms with Crippen LogP contribution in [-0.4, -0.2) is 18.1 Å². The van der Waals surface area contributed by atoms with E-state index in [1.807, 2.05) is 54.6 Å². The van der Waals surface area contributed by atoms with Crippen LogP contribution in [0.2, 0.25) is 5.02 Å². The lowest BCUT2D eigenvalue weighted by molar-refractivity contribution is 0.240. The fourth-order valence-corrected chi connectivity index (χ4v) is 6.16. The Labute approximate surface area is 232 Å². The van der Waals surface area contributed by atoms with Crippen LogP contribution in [0.4, 0.5) is 16.2 Å². The predicted octanol–water partition coefficient (Wildman–Crippen LogP) is 5.99. The van der Waals surface area contributed by atoms with Crippen molar-refractivity contribution in [1.82, 2.24) is 10.6 Å². The third-order valence-electron chi connectivity index (χ3n) is 6.58. The predicted molar refractivity (Wildman–Crippen MR) is 158 cm³/mol. The normalized spacial score (nSPS) is 14.3. The van der Waals surface area contributed by atoms with Gasteiger partial charge in [0.2, 0.25) is 0 Å². The molecule has 4 aromatic rings. The first-order chi connectivity index (χ1) is 18.6. The maximum Gasteiger partial charge on any atom is 0.317 e. The van der Waals surface area contributed by atoms with E-state index < -0.39 is 0 Å². The molecule has 5 rings (SSSR count). The molecule has 1 aliphatic rings. The highest BCUT2D eigenvalue weighted by molar-refractivity contribution is 8.00. The number of rotatable bonds is 8. The Morgan fingerprint density at radius 2 is 1.61 bits per heavy atom. The minimum atomic E-state index is -0.369. The first-order valence-corrected chi connectivity index (χ1v) is 13.8. The summed E-state index contributed by atoms with van der Waals surface area (Å²) in [4.78, 5) is 16.2. The summed E-state index contributed by atoms with van der Waals surface area (Å²) in [6.07, 6.45) is 0.700. The van der Waals surface area contributed by atoms with Gasteiger partial charge in [0.05, 0.1) is 16.4 Å². The fraction of sp³-hybridized carbons (Fsp3) is 0.167. The van der Waals surface area contributed by atoms with Crippen LogP contribution in [-0.2, 0) is 19.5 Å². The van der Waals surface area contributed by atoms with E-state index in [2.05, 4.69) is 51.9 Å². The van der Waals surface area contributed by atoms with Crippen molar-refractivity contribution in [3.63, 3.8) is 0 Å². The van der Waals surface area contributed by atoms with Gasteiger partial charge in [0.15, 0.2) is 5.50 Å². The van der Waals surface area contributed by atoms with Gasteiger partial charge in [-0.1, -0.05) is 96.2 Å². The van der Waals surface area contributed by atoms with Crippen molar-refractivity contribution in [2.24, 2.45) is 11.5 Å². The summed E-state index contributed by atoms with van der Waals surface area (Å²) >= 11 is 8.22. The number of urea groups is 1. The number of carbonyl (C=O) groups excluding carboxylic acids is 1. The van der Waals surface area contributed by atoms with E-state index in [1.54, 1.807) is 11.8 Å². The minimum Gasteiger partial charge on any atom is -0.338 e. The zero-order chi connectivity index (χ0) is 26.5. The van der Waals surface area contributed by atoms with Crippen LogP contribution in [0.25, 0.3) is 11.1 Å². The average molecular weight is 544 g/mol. The van der Waals surface area contributed by atoms with Crippen molar-refractivity contribution in [2.75, 3.05) is 11.4 Å². The first-order valence-electron chi connectivity index (χ1n) is 12.5. The topological polar surface area (TPSA) is 96.4 Å². The molecular formula is C30H30ClN5OS. The number of hydrogen-bond acceptors (Lipinski definition) is 5. The second-order valence-corrected chi connectivity index (χ2v) is 10.5. The van der Waals surface area contributed by atoms with Gasteiger partial charge >= 0.3 is 6.03 Å². The number of nitrogens with zero attached hydrogens (tertiary/aromatic N) is 1. The minimum absolute atomic E-state index is 0.244. The fourth-order valence-electron chi connectivity index (χ4n) is 4.70. The zero-order valence-electron chi connectivity index (χ0n) is 20.9. The lowest BCUT2D eigenvalue weighted by atomic mass is 9.97. The lowest BCUT2D eigenvalue weighted by Crippen LogP contribution is -2.47. The number of halogens is 1. The molecular weight excluding hydrogens is 514 g/mol. The molecule has 1 aliphatic heterocycles. The number of thioether (sulfide) groups is 1. The molecule has 4 aromatic carbocycles. The third kappa shape index (κ3) is 5.51. The zero-order valence-corrected chi connectivity index (χ0v) is 22.4. The van der Waals surface area contributed by atoms with Crippen LogP contribution in [0.1, 0.15) is 16.7 Å². The van der Waals surface area contributed by atoms with E-state index in [1.165, 1.54) is 5.56 Å². The van der Waals surface area contributed by atoms with E-state index in [4.69, 9.17) is 23.1 Å². The number of fused-ring (bicyclic) bond motifs is 1. The Morgan fingerprint density at radius 1 is 0.868 bits per heavy atom. The van der Waals surface area contributed by atoms with Gasteiger partial charge in [-0.25, -0.2) is 4.79 Å². The maximum atomic E-state index is 13.1.